The number of fused-ring (bicyclic) bond motifs is 1. The quantitative estimate of drug-likeness (QED) is 0.888. The Morgan fingerprint density at radius 2 is 2.26 bits per heavy atom. The van der Waals surface area contributed by atoms with Crippen LogP contribution in [0.2, 0.25) is 0 Å². The van der Waals surface area contributed by atoms with Gasteiger partial charge in [-0.1, -0.05) is 12.1 Å². The SMILES string of the molecule is CN(C(=O)c1cccc2ncccc12)C1CCNC1. The van der Waals surface area contributed by atoms with E-state index in [-0.39, 0.29) is 5.91 Å². The minimum absolute atomic E-state index is 0.0762. The van der Waals surface area contributed by atoms with Gasteiger partial charge in [0.15, 0.2) is 0 Å². The Morgan fingerprint density at radius 1 is 1.37 bits per heavy atom. The van der Waals surface area contributed by atoms with Crippen LogP contribution in [0.4, 0.5) is 0 Å². The van der Waals surface area contributed by atoms with Crippen LogP contribution >= 0.6 is 0 Å². The standard InChI is InChI=1S/C15H17N3O/c1-18(11-7-9-16-10-11)15(19)13-4-2-6-14-12(13)5-3-8-17-14/h2-6,8,11,16H,7,9-10H2,1H3. The van der Waals surface area contributed by atoms with Gasteiger partial charge in [-0.2, -0.15) is 0 Å². The topological polar surface area (TPSA) is 45.2 Å². The molecule has 3 rings (SSSR count). The highest BCUT2D eigenvalue weighted by molar-refractivity contribution is 6.06. The Labute approximate surface area is 112 Å². The molecular formula is C15H17N3O. The maximum Gasteiger partial charge on any atom is 0.254 e. The maximum atomic E-state index is 12.6. The number of amides is 1. The third-order valence-electron chi connectivity index (χ3n) is 3.78. The summed E-state index contributed by atoms with van der Waals surface area (Å²) in [6.07, 6.45) is 2.77. The van der Waals surface area contributed by atoms with Gasteiger partial charge < -0.3 is 10.2 Å². The molecule has 1 saturated heterocycles. The molecule has 1 fully saturated rings. The van der Waals surface area contributed by atoms with Crippen LogP contribution in [0.5, 0.6) is 0 Å². The molecule has 4 nitrogen and oxygen atoms in total. The Bertz CT molecular complexity index is 600. The van der Waals surface area contributed by atoms with Crippen molar-refractivity contribution in [1.82, 2.24) is 15.2 Å². The molecule has 98 valence electrons. The number of rotatable bonds is 2. The summed E-state index contributed by atoms with van der Waals surface area (Å²) in [7, 11) is 1.88. The molecule has 1 atom stereocenters. The van der Waals surface area contributed by atoms with Crippen molar-refractivity contribution in [3.63, 3.8) is 0 Å². The lowest BCUT2D eigenvalue weighted by atomic mass is 10.1. The van der Waals surface area contributed by atoms with Gasteiger partial charge in [-0.05, 0) is 31.2 Å². The highest BCUT2D eigenvalue weighted by Gasteiger charge is 2.24. The Morgan fingerprint density at radius 3 is 3.05 bits per heavy atom. The van der Waals surface area contributed by atoms with Crippen LogP contribution in [0.15, 0.2) is 36.5 Å². The van der Waals surface area contributed by atoms with Crippen molar-refractivity contribution in [3.05, 3.63) is 42.1 Å². The fourth-order valence-electron chi connectivity index (χ4n) is 2.62. The third kappa shape index (κ3) is 2.19. The van der Waals surface area contributed by atoms with Crippen molar-refractivity contribution in [2.45, 2.75) is 12.5 Å². The molecule has 0 spiro atoms. The Kier molecular flexibility index (Phi) is 3.17. The van der Waals surface area contributed by atoms with E-state index < -0.39 is 0 Å². The lowest BCUT2D eigenvalue weighted by molar-refractivity contribution is 0.0746. The number of pyridine rings is 1. The van der Waals surface area contributed by atoms with Crippen LogP contribution in [-0.2, 0) is 0 Å². The highest BCUT2D eigenvalue weighted by Crippen LogP contribution is 2.19. The molecule has 0 bridgehead atoms. The first-order chi connectivity index (χ1) is 9.27. The van der Waals surface area contributed by atoms with Crippen LogP contribution in [-0.4, -0.2) is 42.0 Å². The number of benzene rings is 1. The molecule has 1 N–H and O–H groups in total. The van der Waals surface area contributed by atoms with Gasteiger partial charge in [-0.25, -0.2) is 0 Å². The number of carbonyl (C=O) groups is 1. The van der Waals surface area contributed by atoms with Gasteiger partial charge in [-0.15, -0.1) is 0 Å². The van der Waals surface area contributed by atoms with Gasteiger partial charge in [0.2, 0.25) is 0 Å². The minimum Gasteiger partial charge on any atom is -0.337 e. The summed E-state index contributed by atoms with van der Waals surface area (Å²) in [5, 5.41) is 4.21. The maximum absolute atomic E-state index is 12.6. The van der Waals surface area contributed by atoms with E-state index in [2.05, 4.69) is 10.3 Å². The summed E-state index contributed by atoms with van der Waals surface area (Å²) in [6.45, 7) is 1.87. The monoisotopic (exact) mass is 255 g/mol. The van der Waals surface area contributed by atoms with E-state index in [0.29, 0.717) is 6.04 Å². The lowest BCUT2D eigenvalue weighted by Crippen LogP contribution is -2.38. The molecule has 1 aromatic carbocycles. The third-order valence-corrected chi connectivity index (χ3v) is 3.78. The molecule has 19 heavy (non-hydrogen) atoms. The van der Waals surface area contributed by atoms with Crippen molar-refractivity contribution in [2.75, 3.05) is 20.1 Å². The van der Waals surface area contributed by atoms with Gasteiger partial charge in [0.05, 0.1) is 5.52 Å². The highest BCUT2D eigenvalue weighted by atomic mass is 16.2. The molecule has 2 aromatic rings. The van der Waals surface area contributed by atoms with Gasteiger partial charge in [0, 0.05) is 36.8 Å². The first kappa shape index (κ1) is 12.1. The molecule has 0 aliphatic carbocycles. The van der Waals surface area contributed by atoms with Crippen molar-refractivity contribution in [3.8, 4) is 0 Å². The molecule has 0 saturated carbocycles. The number of hydrogen-bond donors (Lipinski definition) is 1. The Hall–Kier alpha value is -1.94. The normalized spacial score (nSPS) is 18.7. The molecule has 0 radical (unpaired) electrons. The molecule has 1 aromatic heterocycles. The second-order valence-electron chi connectivity index (χ2n) is 4.94. The van der Waals surface area contributed by atoms with E-state index in [4.69, 9.17) is 0 Å². The molecule has 4 heteroatoms. The number of nitrogens with one attached hydrogen (secondary N) is 1. The summed E-state index contributed by atoms with van der Waals surface area (Å²) in [6, 6.07) is 9.82. The molecule has 1 aliphatic heterocycles. The van der Waals surface area contributed by atoms with Crippen molar-refractivity contribution < 1.29 is 4.79 Å². The largest absolute Gasteiger partial charge is 0.337 e. The summed E-state index contributed by atoms with van der Waals surface area (Å²) >= 11 is 0. The van der Waals surface area contributed by atoms with Crippen LogP contribution in [0.1, 0.15) is 16.8 Å². The summed E-state index contributed by atoms with van der Waals surface area (Å²) in [4.78, 5) is 18.8. The molecule has 2 heterocycles. The average Bonchev–Trinajstić information content (AvgIpc) is 2.99. The molecular weight excluding hydrogens is 238 g/mol. The van der Waals surface area contributed by atoms with E-state index in [1.807, 2.05) is 42.3 Å². The number of hydrogen-bond acceptors (Lipinski definition) is 3. The number of carbonyl (C=O) groups excluding carboxylic acids is 1. The van der Waals surface area contributed by atoms with Gasteiger partial charge >= 0.3 is 0 Å². The first-order valence-corrected chi connectivity index (χ1v) is 6.59. The van der Waals surface area contributed by atoms with Gasteiger partial charge in [0.1, 0.15) is 0 Å². The van der Waals surface area contributed by atoms with Crippen molar-refractivity contribution in [1.29, 1.82) is 0 Å². The van der Waals surface area contributed by atoms with Crippen LogP contribution in [0, 0.1) is 0 Å². The Balaban J connectivity index is 1.97. The molecule has 1 aliphatic rings. The second kappa shape index (κ2) is 4.97. The van der Waals surface area contributed by atoms with Crippen LogP contribution in [0.3, 0.4) is 0 Å². The zero-order chi connectivity index (χ0) is 13.2. The summed E-state index contributed by atoms with van der Waals surface area (Å²) in [5.74, 6) is 0.0762. The summed E-state index contributed by atoms with van der Waals surface area (Å²) < 4.78 is 0. The first-order valence-electron chi connectivity index (χ1n) is 6.59. The minimum atomic E-state index is 0.0762. The predicted octanol–water partition coefficient (Wildman–Crippen LogP) is 1.67. The van der Waals surface area contributed by atoms with Crippen molar-refractivity contribution in [2.24, 2.45) is 0 Å². The zero-order valence-electron chi connectivity index (χ0n) is 11.0. The zero-order valence-corrected chi connectivity index (χ0v) is 11.0. The van der Waals surface area contributed by atoms with E-state index in [9.17, 15) is 4.79 Å². The summed E-state index contributed by atoms with van der Waals surface area (Å²) in [5.41, 5.74) is 1.60. The lowest BCUT2D eigenvalue weighted by Gasteiger charge is -2.24. The van der Waals surface area contributed by atoms with Crippen molar-refractivity contribution >= 4 is 16.8 Å². The molecule has 1 amide bonds. The van der Waals surface area contributed by atoms with E-state index >= 15 is 0 Å². The smallest absolute Gasteiger partial charge is 0.254 e. The number of likely N-dealkylation sites (N-methyl/N-ethyl adjacent to an activating group) is 1. The van der Waals surface area contributed by atoms with E-state index in [0.717, 1.165) is 36.0 Å². The average molecular weight is 255 g/mol. The fraction of sp³-hybridized carbons (Fsp3) is 0.333. The van der Waals surface area contributed by atoms with E-state index in [1.54, 1.807) is 6.20 Å². The van der Waals surface area contributed by atoms with E-state index in [1.165, 1.54) is 0 Å². The van der Waals surface area contributed by atoms with Gasteiger partial charge in [-0.3, -0.25) is 9.78 Å². The number of nitrogens with zero attached hydrogens (tertiary/aromatic N) is 2. The fourth-order valence-corrected chi connectivity index (χ4v) is 2.62. The predicted molar refractivity (Wildman–Crippen MR) is 75.1 cm³/mol. The molecule has 1 unspecified atom stereocenters. The number of aromatic nitrogens is 1. The second-order valence-corrected chi connectivity index (χ2v) is 4.94. The van der Waals surface area contributed by atoms with Crippen LogP contribution < -0.4 is 5.32 Å². The van der Waals surface area contributed by atoms with Gasteiger partial charge in [0.25, 0.3) is 5.91 Å². The van der Waals surface area contributed by atoms with Crippen LogP contribution in [0.25, 0.3) is 10.9 Å².